The Balaban J connectivity index is 2.14. The molecule has 0 saturated carbocycles. The van der Waals surface area contributed by atoms with Gasteiger partial charge in [0.1, 0.15) is 0 Å². The van der Waals surface area contributed by atoms with Gasteiger partial charge in [0, 0.05) is 19.3 Å². The second kappa shape index (κ2) is 3.45. The van der Waals surface area contributed by atoms with Gasteiger partial charge < -0.3 is 9.52 Å². The molecule has 7 heteroatoms. The quantitative estimate of drug-likeness (QED) is 0.776. The van der Waals surface area contributed by atoms with Crippen LogP contribution in [0.4, 0.5) is 11.8 Å². The minimum atomic E-state index is -1.16. The Morgan fingerprint density at radius 3 is 3.00 bits per heavy atom. The first-order chi connectivity index (χ1) is 7.15. The fraction of sp³-hybridized carbons (Fsp3) is 0.125. The molecule has 78 valence electrons. The molecule has 15 heavy (non-hydrogen) atoms. The maximum atomic E-state index is 10.5. The van der Waals surface area contributed by atoms with Crippen LogP contribution in [0.1, 0.15) is 10.6 Å². The van der Waals surface area contributed by atoms with Crippen molar-refractivity contribution in [2.24, 2.45) is 7.05 Å². The lowest BCUT2D eigenvalue weighted by Gasteiger charge is -1.94. The van der Waals surface area contributed by atoms with Gasteiger partial charge >= 0.3 is 12.0 Å². The van der Waals surface area contributed by atoms with Crippen molar-refractivity contribution in [3.05, 3.63) is 24.2 Å². The number of nitrogens with zero attached hydrogens (tertiary/aromatic N) is 3. The molecule has 0 spiro atoms. The maximum absolute atomic E-state index is 10.5. The van der Waals surface area contributed by atoms with Crippen molar-refractivity contribution >= 4 is 17.8 Å². The maximum Gasteiger partial charge on any atom is 0.373 e. The fourth-order valence-corrected chi connectivity index (χ4v) is 1.02. The Labute approximate surface area is 84.3 Å². The normalized spacial score (nSPS) is 10.2. The molecule has 7 nitrogen and oxygen atoms in total. The fourth-order valence-electron chi connectivity index (χ4n) is 1.02. The molecule has 0 fully saturated rings. The number of carbonyl (C=O) groups is 1. The predicted molar refractivity (Wildman–Crippen MR) is 50.0 cm³/mol. The molecule has 2 heterocycles. The van der Waals surface area contributed by atoms with Crippen LogP contribution in [-0.2, 0) is 7.05 Å². The number of aryl methyl sites for hydroxylation is 1. The van der Waals surface area contributed by atoms with Crippen LogP contribution >= 0.6 is 0 Å². The summed E-state index contributed by atoms with van der Waals surface area (Å²) in [6, 6.07) is 1.82. The first kappa shape index (κ1) is 9.25. The summed E-state index contributed by atoms with van der Waals surface area (Å²) in [5.74, 6) is -0.832. The van der Waals surface area contributed by atoms with Crippen molar-refractivity contribution in [2.45, 2.75) is 0 Å². The first-order valence-electron chi connectivity index (χ1n) is 4.11. The molecule has 2 N–H and O–H groups in total. The van der Waals surface area contributed by atoms with Crippen LogP contribution in [0.3, 0.4) is 0 Å². The summed E-state index contributed by atoms with van der Waals surface area (Å²) in [5.41, 5.74) is 0. The highest BCUT2D eigenvalue weighted by Crippen LogP contribution is 2.13. The van der Waals surface area contributed by atoms with Crippen LogP contribution < -0.4 is 5.32 Å². The number of aromatic carboxylic acids is 1. The molecular formula is C8H8N4O3. The zero-order valence-corrected chi connectivity index (χ0v) is 7.84. The topological polar surface area (TPSA) is 93.2 Å². The molecule has 0 radical (unpaired) electrons. The van der Waals surface area contributed by atoms with E-state index < -0.39 is 5.97 Å². The SMILES string of the molecule is Cn1ccc(Nc2ncc(C(=O)O)o2)n1. The highest BCUT2D eigenvalue weighted by molar-refractivity contribution is 5.84. The molecule has 2 rings (SSSR count). The van der Waals surface area contributed by atoms with E-state index in [1.165, 1.54) is 0 Å². The van der Waals surface area contributed by atoms with Crippen molar-refractivity contribution in [3.8, 4) is 0 Å². The molecule has 0 atom stereocenters. The highest BCUT2D eigenvalue weighted by atomic mass is 16.4. The second-order valence-corrected chi connectivity index (χ2v) is 2.83. The molecular weight excluding hydrogens is 200 g/mol. The number of hydrogen-bond acceptors (Lipinski definition) is 5. The molecule has 0 amide bonds. The van der Waals surface area contributed by atoms with E-state index in [-0.39, 0.29) is 11.8 Å². The summed E-state index contributed by atoms with van der Waals surface area (Å²) in [5, 5.41) is 15.3. The van der Waals surface area contributed by atoms with Gasteiger partial charge in [-0.1, -0.05) is 0 Å². The van der Waals surface area contributed by atoms with Gasteiger partial charge in [0.2, 0.25) is 5.76 Å². The smallest absolute Gasteiger partial charge is 0.373 e. The van der Waals surface area contributed by atoms with Gasteiger partial charge in [-0.25, -0.2) is 9.78 Å². The summed E-state index contributed by atoms with van der Waals surface area (Å²) in [4.78, 5) is 14.2. The third-order valence-corrected chi connectivity index (χ3v) is 1.67. The summed E-state index contributed by atoms with van der Waals surface area (Å²) in [7, 11) is 1.77. The van der Waals surface area contributed by atoms with Gasteiger partial charge in [0.25, 0.3) is 0 Å². The van der Waals surface area contributed by atoms with Gasteiger partial charge in [0.05, 0.1) is 6.20 Å². The molecule has 2 aromatic heterocycles. The van der Waals surface area contributed by atoms with Crippen LogP contribution in [0.15, 0.2) is 22.9 Å². The Kier molecular flexibility index (Phi) is 2.13. The number of hydrogen-bond donors (Lipinski definition) is 2. The zero-order chi connectivity index (χ0) is 10.8. The number of nitrogens with one attached hydrogen (secondary N) is 1. The number of aromatic nitrogens is 3. The predicted octanol–water partition coefficient (Wildman–Crippen LogP) is 0.850. The molecule has 2 aromatic rings. The minimum Gasteiger partial charge on any atom is -0.475 e. The third kappa shape index (κ3) is 1.96. The van der Waals surface area contributed by atoms with Gasteiger partial charge in [-0.3, -0.25) is 10.00 Å². The van der Waals surface area contributed by atoms with Crippen LogP contribution in [-0.4, -0.2) is 25.8 Å². The van der Waals surface area contributed by atoms with Crippen molar-refractivity contribution in [1.29, 1.82) is 0 Å². The van der Waals surface area contributed by atoms with Crippen LogP contribution in [0.25, 0.3) is 0 Å². The van der Waals surface area contributed by atoms with E-state index in [0.29, 0.717) is 5.82 Å². The van der Waals surface area contributed by atoms with Gasteiger partial charge in [0.15, 0.2) is 5.82 Å². The summed E-state index contributed by atoms with van der Waals surface area (Å²) in [6.45, 7) is 0. The molecule has 0 aromatic carbocycles. The number of carboxylic acids is 1. The average molecular weight is 208 g/mol. The van der Waals surface area contributed by atoms with Crippen LogP contribution in [0, 0.1) is 0 Å². The summed E-state index contributed by atoms with van der Waals surface area (Å²) < 4.78 is 6.49. The van der Waals surface area contributed by atoms with E-state index in [4.69, 9.17) is 9.52 Å². The monoisotopic (exact) mass is 208 g/mol. The van der Waals surface area contributed by atoms with Crippen LogP contribution in [0.5, 0.6) is 0 Å². The van der Waals surface area contributed by atoms with E-state index in [9.17, 15) is 4.79 Å². The zero-order valence-electron chi connectivity index (χ0n) is 7.84. The van der Waals surface area contributed by atoms with Crippen molar-refractivity contribution in [2.75, 3.05) is 5.32 Å². The number of rotatable bonds is 3. The van der Waals surface area contributed by atoms with Gasteiger partial charge in [-0.2, -0.15) is 5.10 Å². The Hall–Kier alpha value is -2.31. The summed E-state index contributed by atoms with van der Waals surface area (Å²) >= 11 is 0. The lowest BCUT2D eigenvalue weighted by atomic mass is 10.5. The van der Waals surface area contributed by atoms with E-state index in [1.54, 1.807) is 24.0 Å². The molecule has 0 aliphatic heterocycles. The van der Waals surface area contributed by atoms with Gasteiger partial charge in [-0.05, 0) is 0 Å². The van der Waals surface area contributed by atoms with Gasteiger partial charge in [-0.15, -0.1) is 0 Å². The largest absolute Gasteiger partial charge is 0.475 e. The molecule has 0 bridgehead atoms. The Bertz CT molecular complexity index is 488. The third-order valence-electron chi connectivity index (χ3n) is 1.67. The Morgan fingerprint density at radius 1 is 1.67 bits per heavy atom. The van der Waals surface area contributed by atoms with E-state index >= 15 is 0 Å². The molecule has 0 saturated heterocycles. The lowest BCUT2D eigenvalue weighted by molar-refractivity contribution is 0.0663. The first-order valence-corrected chi connectivity index (χ1v) is 4.11. The Morgan fingerprint density at radius 2 is 2.47 bits per heavy atom. The van der Waals surface area contributed by atoms with E-state index in [0.717, 1.165) is 6.20 Å². The second-order valence-electron chi connectivity index (χ2n) is 2.83. The van der Waals surface area contributed by atoms with Crippen LogP contribution in [0.2, 0.25) is 0 Å². The standard InChI is InChI=1S/C8H8N4O3/c1-12-3-2-6(11-12)10-8-9-4-5(15-8)7(13)14/h2-4H,1H3,(H,13,14)(H,9,10,11). The lowest BCUT2D eigenvalue weighted by Crippen LogP contribution is -1.94. The van der Waals surface area contributed by atoms with E-state index in [2.05, 4.69) is 15.4 Å². The average Bonchev–Trinajstić information content (AvgIpc) is 2.76. The minimum absolute atomic E-state index is 0.103. The molecule has 0 unspecified atom stereocenters. The number of oxazole rings is 1. The highest BCUT2D eigenvalue weighted by Gasteiger charge is 2.10. The molecule has 0 aliphatic rings. The van der Waals surface area contributed by atoms with E-state index in [1.807, 2.05) is 0 Å². The van der Waals surface area contributed by atoms with Crippen molar-refractivity contribution < 1.29 is 14.3 Å². The molecule has 0 aliphatic carbocycles. The number of carboxylic acid groups (broad SMARTS) is 1. The van der Waals surface area contributed by atoms with Crippen molar-refractivity contribution in [1.82, 2.24) is 14.8 Å². The summed E-state index contributed by atoms with van der Waals surface area (Å²) in [6.07, 6.45) is 2.87. The van der Waals surface area contributed by atoms with Crippen molar-refractivity contribution in [3.63, 3.8) is 0 Å². The number of anilines is 2.